The van der Waals surface area contributed by atoms with Crippen molar-refractivity contribution in [3.63, 3.8) is 0 Å². The highest BCUT2D eigenvalue weighted by atomic mass is 35.5. The van der Waals surface area contributed by atoms with Gasteiger partial charge in [0.25, 0.3) is 15.9 Å². The van der Waals surface area contributed by atoms with E-state index in [9.17, 15) is 8.42 Å². The second kappa shape index (κ2) is 9.48. The first-order chi connectivity index (χ1) is 14.3. The monoisotopic (exact) mass is 468 g/mol. The maximum absolute atomic E-state index is 12.7. The molecule has 0 amide bonds. The smallest absolute Gasteiger partial charge is 0.264 e. The summed E-state index contributed by atoms with van der Waals surface area (Å²) in [7, 11) is -2.76. The van der Waals surface area contributed by atoms with Gasteiger partial charge in [-0.3, -0.25) is 4.72 Å². The molecule has 0 spiro atoms. The van der Waals surface area contributed by atoms with E-state index in [1.54, 1.807) is 0 Å². The maximum atomic E-state index is 12.7. The van der Waals surface area contributed by atoms with E-state index >= 15 is 0 Å². The molecule has 1 atom stereocenters. The van der Waals surface area contributed by atoms with Gasteiger partial charge in [-0.25, -0.2) is 13.4 Å². The second-order valence-electron chi connectivity index (χ2n) is 6.05. The average molecular weight is 469 g/mol. The Hall–Kier alpha value is -2.59. The van der Waals surface area contributed by atoms with Crippen LogP contribution < -0.4 is 19.9 Å². The summed E-state index contributed by atoms with van der Waals surface area (Å²) in [4.78, 5) is 7.97. The van der Waals surface area contributed by atoms with Crippen molar-refractivity contribution in [2.24, 2.45) is 5.73 Å². The molecule has 0 aliphatic heterocycles. The van der Waals surface area contributed by atoms with Crippen LogP contribution in [0.3, 0.4) is 0 Å². The molecule has 3 aromatic rings. The molecule has 0 saturated carbocycles. The van der Waals surface area contributed by atoms with Crippen LogP contribution in [-0.4, -0.2) is 32.1 Å². The van der Waals surface area contributed by atoms with Crippen LogP contribution in [0.5, 0.6) is 11.8 Å². The predicted molar refractivity (Wildman–Crippen MR) is 115 cm³/mol. The molecular weight excluding hydrogens is 451 g/mol. The molecule has 0 aliphatic carbocycles. The number of methoxy groups -OCH3 is 1. The minimum absolute atomic E-state index is 0.0810. The Labute approximate surface area is 184 Å². The first kappa shape index (κ1) is 22.1. The largest absolute Gasteiger partial charge is 0.478 e. The third kappa shape index (κ3) is 5.11. The van der Waals surface area contributed by atoms with Gasteiger partial charge in [0.1, 0.15) is 11.5 Å². The number of halogens is 2. The van der Waals surface area contributed by atoms with E-state index in [-0.39, 0.29) is 45.2 Å². The SMILES string of the molecule is COc1nc(OC[C@@H](N)c2ccccc2)cnc1NS(=O)(=O)c1cccc(Cl)c1Cl. The molecule has 0 saturated heterocycles. The Bertz CT molecular complexity index is 1130. The lowest BCUT2D eigenvalue weighted by atomic mass is 10.1. The van der Waals surface area contributed by atoms with E-state index in [1.165, 1.54) is 31.5 Å². The third-order valence-corrected chi connectivity index (χ3v) is 6.30. The minimum atomic E-state index is -4.08. The topological polar surface area (TPSA) is 116 Å². The molecular formula is C19H18Cl2N4O4S. The average Bonchev–Trinajstić information content (AvgIpc) is 2.75. The molecule has 0 bridgehead atoms. The van der Waals surface area contributed by atoms with Crippen LogP contribution in [0.25, 0.3) is 0 Å². The fourth-order valence-corrected chi connectivity index (χ4v) is 4.25. The molecule has 0 unspecified atom stereocenters. The van der Waals surface area contributed by atoms with Gasteiger partial charge in [-0.2, -0.15) is 4.98 Å². The van der Waals surface area contributed by atoms with Gasteiger partial charge in [0.05, 0.1) is 29.4 Å². The number of benzene rings is 2. The van der Waals surface area contributed by atoms with Crippen LogP contribution in [0.4, 0.5) is 5.82 Å². The number of hydrogen-bond acceptors (Lipinski definition) is 7. The second-order valence-corrected chi connectivity index (χ2v) is 8.49. The summed E-state index contributed by atoms with van der Waals surface area (Å²) >= 11 is 11.9. The van der Waals surface area contributed by atoms with Crippen LogP contribution in [0, 0.1) is 0 Å². The number of aromatic nitrogens is 2. The molecule has 11 heteroatoms. The number of ether oxygens (including phenoxy) is 2. The van der Waals surface area contributed by atoms with Crippen molar-refractivity contribution in [3.8, 4) is 11.8 Å². The first-order valence-corrected chi connectivity index (χ1v) is 10.9. The Morgan fingerprint density at radius 2 is 1.87 bits per heavy atom. The van der Waals surface area contributed by atoms with Gasteiger partial charge in [-0.05, 0) is 17.7 Å². The standard InChI is InChI=1S/C19H18Cl2N4O4S/c1-28-19-18(25-30(26,27)15-9-5-8-13(20)17(15)21)23-10-16(24-19)29-11-14(22)12-6-3-2-4-7-12/h2-10,14H,11,22H2,1H3,(H,23,25)/t14-/m1/s1. The molecule has 8 nitrogen and oxygen atoms in total. The van der Waals surface area contributed by atoms with Crippen molar-refractivity contribution in [1.29, 1.82) is 0 Å². The summed E-state index contributed by atoms with van der Waals surface area (Å²) in [6.07, 6.45) is 1.26. The first-order valence-electron chi connectivity index (χ1n) is 8.63. The molecule has 2 aromatic carbocycles. The van der Waals surface area contributed by atoms with E-state index in [1.807, 2.05) is 30.3 Å². The van der Waals surface area contributed by atoms with Crippen molar-refractivity contribution in [2.45, 2.75) is 10.9 Å². The van der Waals surface area contributed by atoms with Gasteiger partial charge < -0.3 is 15.2 Å². The number of nitrogens with one attached hydrogen (secondary N) is 1. The number of anilines is 1. The molecule has 0 aliphatic rings. The van der Waals surface area contributed by atoms with Gasteiger partial charge >= 0.3 is 0 Å². The Morgan fingerprint density at radius 3 is 2.57 bits per heavy atom. The van der Waals surface area contributed by atoms with Gasteiger partial charge in [0.2, 0.25) is 11.7 Å². The van der Waals surface area contributed by atoms with Crippen LogP contribution >= 0.6 is 23.2 Å². The lowest BCUT2D eigenvalue weighted by molar-refractivity contribution is 0.273. The number of sulfonamides is 1. The highest BCUT2D eigenvalue weighted by Gasteiger charge is 2.23. The molecule has 3 rings (SSSR count). The van der Waals surface area contributed by atoms with Crippen LogP contribution in [0.2, 0.25) is 10.0 Å². The number of nitrogens with zero attached hydrogens (tertiary/aromatic N) is 2. The molecule has 0 radical (unpaired) electrons. The van der Waals surface area contributed by atoms with Crippen LogP contribution in [0.1, 0.15) is 11.6 Å². The predicted octanol–water partition coefficient (Wildman–Crippen LogP) is 3.67. The number of hydrogen-bond donors (Lipinski definition) is 2. The lowest BCUT2D eigenvalue weighted by Gasteiger charge is -2.15. The molecule has 0 fully saturated rings. The fraction of sp³-hybridized carbons (Fsp3) is 0.158. The fourth-order valence-electron chi connectivity index (χ4n) is 2.48. The van der Waals surface area contributed by atoms with E-state index in [4.69, 9.17) is 38.4 Å². The summed E-state index contributed by atoms with van der Waals surface area (Å²) in [5, 5.41) is 0.00420. The van der Waals surface area contributed by atoms with Crippen LogP contribution in [0.15, 0.2) is 59.6 Å². The Morgan fingerprint density at radius 1 is 1.13 bits per heavy atom. The summed E-state index contributed by atoms with van der Waals surface area (Å²) < 4.78 is 38.4. The maximum Gasteiger partial charge on any atom is 0.264 e. The summed E-state index contributed by atoms with van der Waals surface area (Å²) in [6.45, 7) is 0.144. The third-order valence-electron chi connectivity index (χ3n) is 3.99. The van der Waals surface area contributed by atoms with E-state index in [2.05, 4.69) is 14.7 Å². The molecule has 158 valence electrons. The molecule has 3 N–H and O–H groups in total. The summed E-state index contributed by atoms with van der Waals surface area (Å²) in [6, 6.07) is 13.3. The van der Waals surface area contributed by atoms with Crippen molar-refractivity contribution >= 4 is 39.0 Å². The van der Waals surface area contributed by atoms with Gasteiger partial charge in [-0.15, -0.1) is 0 Å². The lowest BCUT2D eigenvalue weighted by Crippen LogP contribution is -2.20. The van der Waals surface area contributed by atoms with Gasteiger partial charge in [0, 0.05) is 0 Å². The van der Waals surface area contributed by atoms with Crippen molar-refractivity contribution < 1.29 is 17.9 Å². The zero-order valence-electron chi connectivity index (χ0n) is 15.7. The van der Waals surface area contributed by atoms with Crippen LogP contribution in [-0.2, 0) is 10.0 Å². The summed E-state index contributed by atoms with van der Waals surface area (Å²) in [5.41, 5.74) is 7.00. The number of nitrogens with two attached hydrogens (primary N) is 1. The van der Waals surface area contributed by atoms with E-state index < -0.39 is 10.0 Å². The highest BCUT2D eigenvalue weighted by molar-refractivity contribution is 7.92. The normalized spacial score (nSPS) is 12.3. The van der Waals surface area contributed by atoms with Crippen molar-refractivity contribution in [1.82, 2.24) is 9.97 Å². The van der Waals surface area contributed by atoms with E-state index in [0.29, 0.717) is 0 Å². The van der Waals surface area contributed by atoms with Crippen molar-refractivity contribution in [2.75, 3.05) is 18.4 Å². The van der Waals surface area contributed by atoms with Gasteiger partial charge in [0.15, 0.2) is 0 Å². The highest BCUT2D eigenvalue weighted by Crippen LogP contribution is 2.31. The Balaban J connectivity index is 1.76. The zero-order chi connectivity index (χ0) is 21.7. The summed E-state index contributed by atoms with van der Waals surface area (Å²) in [5.74, 6) is -0.0854. The minimum Gasteiger partial charge on any atom is -0.478 e. The molecule has 1 aromatic heterocycles. The van der Waals surface area contributed by atoms with Gasteiger partial charge in [-0.1, -0.05) is 59.6 Å². The molecule has 1 heterocycles. The Kier molecular flexibility index (Phi) is 6.99. The van der Waals surface area contributed by atoms with Crippen molar-refractivity contribution in [3.05, 3.63) is 70.3 Å². The quantitative estimate of drug-likeness (QED) is 0.517. The zero-order valence-corrected chi connectivity index (χ0v) is 18.1. The number of rotatable bonds is 8. The van der Waals surface area contributed by atoms with E-state index in [0.717, 1.165) is 5.56 Å². The molecule has 30 heavy (non-hydrogen) atoms.